The zero-order valence-corrected chi connectivity index (χ0v) is 18.9. The third kappa shape index (κ3) is 4.57. The second-order valence-electron chi connectivity index (χ2n) is 8.69. The summed E-state index contributed by atoms with van der Waals surface area (Å²) in [6, 6.07) is 7.44. The SMILES string of the molecule is COC1CCN(CCCN2CCN(c3ccc(O)cc3)CC2)C(=O)c2c(C)cn(C)c21. The van der Waals surface area contributed by atoms with Gasteiger partial charge >= 0.3 is 0 Å². The van der Waals surface area contributed by atoms with Crippen molar-refractivity contribution in [3.05, 3.63) is 47.3 Å². The van der Waals surface area contributed by atoms with Crippen molar-refractivity contribution in [3.63, 3.8) is 0 Å². The predicted octanol–water partition coefficient (Wildman–Crippen LogP) is 2.78. The minimum Gasteiger partial charge on any atom is -0.508 e. The van der Waals surface area contributed by atoms with Crippen LogP contribution in [0.2, 0.25) is 0 Å². The lowest BCUT2D eigenvalue weighted by atomic mass is 10.1. The molecular weight excluding hydrogens is 392 g/mol. The molecule has 2 aromatic rings. The predicted molar refractivity (Wildman–Crippen MR) is 122 cm³/mol. The van der Waals surface area contributed by atoms with Gasteiger partial charge in [0.05, 0.1) is 17.4 Å². The fourth-order valence-corrected chi connectivity index (χ4v) is 4.96. The van der Waals surface area contributed by atoms with Crippen molar-refractivity contribution in [2.45, 2.75) is 25.9 Å². The molecule has 31 heavy (non-hydrogen) atoms. The Kier molecular flexibility index (Phi) is 6.53. The number of hydrogen-bond acceptors (Lipinski definition) is 5. The lowest BCUT2D eigenvalue weighted by Gasteiger charge is -2.36. The first kappa shape index (κ1) is 21.7. The van der Waals surface area contributed by atoms with Gasteiger partial charge in [-0.2, -0.15) is 0 Å². The van der Waals surface area contributed by atoms with Gasteiger partial charge in [-0.3, -0.25) is 9.69 Å². The van der Waals surface area contributed by atoms with Crippen molar-refractivity contribution < 1.29 is 14.6 Å². The molecule has 0 spiro atoms. The van der Waals surface area contributed by atoms with Crippen LogP contribution < -0.4 is 4.90 Å². The van der Waals surface area contributed by atoms with E-state index < -0.39 is 0 Å². The summed E-state index contributed by atoms with van der Waals surface area (Å²) >= 11 is 0. The van der Waals surface area contributed by atoms with Gasteiger partial charge in [-0.1, -0.05) is 0 Å². The number of aromatic nitrogens is 1. The van der Waals surface area contributed by atoms with Gasteiger partial charge in [0.2, 0.25) is 0 Å². The molecule has 1 saturated heterocycles. The fourth-order valence-electron chi connectivity index (χ4n) is 4.96. The van der Waals surface area contributed by atoms with Crippen molar-refractivity contribution in [1.29, 1.82) is 0 Å². The van der Waals surface area contributed by atoms with Gasteiger partial charge in [0, 0.05) is 65.3 Å². The number of phenols is 1. The summed E-state index contributed by atoms with van der Waals surface area (Å²) in [5, 5.41) is 9.47. The molecule has 168 valence electrons. The van der Waals surface area contributed by atoms with Crippen molar-refractivity contribution in [2.75, 3.05) is 57.8 Å². The standard InChI is InChI=1S/C24H34N4O3/c1-18-17-25(2)23-21(31-3)9-12-28(24(30)22(18)23)11-4-10-26-13-15-27(16-14-26)19-5-7-20(29)8-6-19/h5-8,17,21,29H,4,9-16H2,1-3H3. The third-order valence-electron chi connectivity index (χ3n) is 6.66. The number of hydrogen-bond donors (Lipinski definition) is 1. The zero-order valence-electron chi connectivity index (χ0n) is 18.9. The Labute approximate surface area is 184 Å². The van der Waals surface area contributed by atoms with Crippen LogP contribution in [-0.2, 0) is 11.8 Å². The summed E-state index contributed by atoms with van der Waals surface area (Å²) in [4.78, 5) is 20.1. The molecule has 1 atom stereocenters. The first-order valence-electron chi connectivity index (χ1n) is 11.2. The summed E-state index contributed by atoms with van der Waals surface area (Å²) in [5.41, 5.74) is 4.03. The molecule has 2 aliphatic heterocycles. The Morgan fingerprint density at radius 1 is 1.06 bits per heavy atom. The monoisotopic (exact) mass is 426 g/mol. The van der Waals surface area contributed by atoms with Gasteiger partial charge in [-0.05, 0) is 56.1 Å². The van der Waals surface area contributed by atoms with Gasteiger partial charge < -0.3 is 24.2 Å². The molecule has 7 nitrogen and oxygen atoms in total. The molecule has 7 heteroatoms. The van der Waals surface area contributed by atoms with Crippen LogP contribution in [0.4, 0.5) is 5.69 Å². The van der Waals surface area contributed by atoms with E-state index >= 15 is 0 Å². The van der Waals surface area contributed by atoms with Crippen LogP contribution >= 0.6 is 0 Å². The van der Waals surface area contributed by atoms with Crippen molar-refractivity contribution in [1.82, 2.24) is 14.4 Å². The number of piperazine rings is 1. The average molecular weight is 427 g/mol. The van der Waals surface area contributed by atoms with E-state index in [9.17, 15) is 9.90 Å². The molecule has 4 rings (SSSR count). The van der Waals surface area contributed by atoms with E-state index in [2.05, 4.69) is 9.80 Å². The van der Waals surface area contributed by atoms with Crippen molar-refractivity contribution >= 4 is 11.6 Å². The van der Waals surface area contributed by atoms with Crippen LogP contribution in [-0.4, -0.2) is 78.3 Å². The summed E-state index contributed by atoms with van der Waals surface area (Å²) in [5.74, 6) is 0.449. The minimum atomic E-state index is -0.0318. The number of methoxy groups -OCH3 is 1. The highest BCUT2D eigenvalue weighted by Crippen LogP contribution is 2.32. The van der Waals surface area contributed by atoms with Crippen LogP contribution in [0.25, 0.3) is 0 Å². The summed E-state index contributed by atoms with van der Waals surface area (Å²) in [7, 11) is 3.73. The molecule has 3 heterocycles. The summed E-state index contributed by atoms with van der Waals surface area (Å²) in [6.07, 6.45) is 3.81. The van der Waals surface area contributed by atoms with Crippen molar-refractivity contribution in [2.24, 2.45) is 7.05 Å². The zero-order chi connectivity index (χ0) is 22.0. The molecule has 0 radical (unpaired) electrons. The van der Waals surface area contributed by atoms with Crippen LogP contribution in [0, 0.1) is 6.92 Å². The van der Waals surface area contributed by atoms with E-state index in [1.165, 1.54) is 0 Å². The normalized spacial score (nSPS) is 20.1. The minimum absolute atomic E-state index is 0.0318. The highest BCUT2D eigenvalue weighted by Gasteiger charge is 2.32. The van der Waals surface area contributed by atoms with Crippen LogP contribution in [0.15, 0.2) is 30.5 Å². The molecule has 0 saturated carbocycles. The number of benzene rings is 1. The Bertz CT molecular complexity index is 900. The summed E-state index contributed by atoms with van der Waals surface area (Å²) in [6.45, 7) is 8.53. The van der Waals surface area contributed by atoms with E-state index in [1.807, 2.05) is 41.8 Å². The lowest BCUT2D eigenvalue weighted by Crippen LogP contribution is -2.47. The molecule has 0 aliphatic carbocycles. The number of amides is 1. The van der Waals surface area contributed by atoms with Gasteiger partial charge in [0.1, 0.15) is 5.75 Å². The van der Waals surface area contributed by atoms with Gasteiger partial charge in [-0.15, -0.1) is 0 Å². The topological polar surface area (TPSA) is 61.2 Å². The van der Waals surface area contributed by atoms with Crippen LogP contribution in [0.1, 0.15) is 40.6 Å². The highest BCUT2D eigenvalue weighted by molar-refractivity contribution is 5.97. The highest BCUT2D eigenvalue weighted by atomic mass is 16.5. The maximum Gasteiger partial charge on any atom is 0.256 e. The van der Waals surface area contributed by atoms with Crippen molar-refractivity contribution in [3.8, 4) is 5.75 Å². The molecule has 1 aromatic heterocycles. The maximum atomic E-state index is 13.3. The molecule has 1 unspecified atom stereocenters. The third-order valence-corrected chi connectivity index (χ3v) is 6.66. The number of aryl methyl sites for hydroxylation is 2. The number of aromatic hydroxyl groups is 1. The van der Waals surface area contributed by atoms with E-state index in [0.717, 1.165) is 81.2 Å². The van der Waals surface area contributed by atoms with E-state index in [-0.39, 0.29) is 12.0 Å². The second-order valence-corrected chi connectivity index (χ2v) is 8.69. The molecule has 1 amide bonds. The Balaban J connectivity index is 1.29. The molecule has 1 aromatic carbocycles. The molecule has 1 fully saturated rings. The number of phenolic OH excluding ortho intramolecular Hbond substituents is 1. The number of ether oxygens (including phenoxy) is 1. The fraction of sp³-hybridized carbons (Fsp3) is 0.542. The maximum absolute atomic E-state index is 13.3. The van der Waals surface area contributed by atoms with Gasteiger partial charge in [0.15, 0.2) is 0 Å². The first-order valence-corrected chi connectivity index (χ1v) is 11.2. The van der Waals surface area contributed by atoms with Gasteiger partial charge in [-0.25, -0.2) is 0 Å². The molecule has 0 bridgehead atoms. The number of anilines is 1. The average Bonchev–Trinajstić information content (AvgIpc) is 2.98. The largest absolute Gasteiger partial charge is 0.508 e. The quantitative estimate of drug-likeness (QED) is 0.770. The smallest absolute Gasteiger partial charge is 0.256 e. The van der Waals surface area contributed by atoms with Crippen LogP contribution in [0.3, 0.4) is 0 Å². The molecular formula is C24H34N4O3. The number of carbonyl (C=O) groups is 1. The second kappa shape index (κ2) is 9.32. The van der Waals surface area contributed by atoms with E-state index in [4.69, 9.17) is 4.74 Å². The summed E-state index contributed by atoms with van der Waals surface area (Å²) < 4.78 is 7.76. The molecule has 2 aliphatic rings. The Morgan fingerprint density at radius 2 is 1.77 bits per heavy atom. The number of fused-ring (bicyclic) bond motifs is 1. The number of carbonyl (C=O) groups excluding carboxylic acids is 1. The number of rotatable bonds is 6. The van der Waals surface area contributed by atoms with E-state index in [0.29, 0.717) is 5.75 Å². The number of nitrogens with zero attached hydrogens (tertiary/aromatic N) is 4. The Hall–Kier alpha value is -2.51. The van der Waals surface area contributed by atoms with E-state index in [1.54, 1.807) is 19.2 Å². The van der Waals surface area contributed by atoms with Gasteiger partial charge in [0.25, 0.3) is 5.91 Å². The Morgan fingerprint density at radius 3 is 2.45 bits per heavy atom. The lowest BCUT2D eigenvalue weighted by molar-refractivity contribution is 0.0688. The first-order chi connectivity index (χ1) is 15.0. The van der Waals surface area contributed by atoms with Crippen LogP contribution in [0.5, 0.6) is 5.75 Å². The molecule has 1 N–H and O–H groups in total.